The third-order valence-corrected chi connectivity index (χ3v) is 2.87. The van der Waals surface area contributed by atoms with Crippen LogP contribution in [0.2, 0.25) is 5.02 Å². The van der Waals surface area contributed by atoms with Crippen LogP contribution in [0.1, 0.15) is 16.2 Å². The molecule has 0 aliphatic rings. The topological polar surface area (TPSA) is 139 Å². The molecule has 0 spiro atoms. The summed E-state index contributed by atoms with van der Waals surface area (Å²) in [6, 6.07) is 2.48. The number of anilines is 1. The number of H-pyrrole nitrogens is 1. The number of nitrogens with zero attached hydrogens (tertiary/aromatic N) is 4. The van der Waals surface area contributed by atoms with E-state index >= 15 is 0 Å². The van der Waals surface area contributed by atoms with E-state index in [-0.39, 0.29) is 34.3 Å². The van der Waals surface area contributed by atoms with E-state index in [9.17, 15) is 14.9 Å². The van der Waals surface area contributed by atoms with Crippen molar-refractivity contribution in [3.8, 4) is 0 Å². The molecule has 0 radical (unpaired) electrons. The molecule has 0 aliphatic carbocycles. The Labute approximate surface area is 123 Å². The first-order chi connectivity index (χ1) is 10.0. The van der Waals surface area contributed by atoms with E-state index in [1.54, 1.807) is 0 Å². The number of hydrogen-bond donors (Lipinski definition) is 3. The molecule has 0 fully saturated rings. The summed E-state index contributed by atoms with van der Waals surface area (Å²) >= 11 is 5.94. The Kier molecular flexibility index (Phi) is 4.28. The smallest absolute Gasteiger partial charge is 0.294 e. The summed E-state index contributed by atoms with van der Waals surface area (Å²) in [5, 5.41) is 29.1. The number of tetrazole rings is 1. The second kappa shape index (κ2) is 6.13. The maximum atomic E-state index is 12.0. The zero-order valence-electron chi connectivity index (χ0n) is 10.8. The molecule has 2 rings (SSSR count). The van der Waals surface area contributed by atoms with Crippen LogP contribution in [-0.2, 0) is 6.54 Å². The van der Waals surface area contributed by atoms with Gasteiger partial charge in [-0.2, -0.15) is 5.21 Å². The fourth-order valence-electron chi connectivity index (χ4n) is 1.63. The highest BCUT2D eigenvalue weighted by molar-refractivity contribution is 6.34. The Hall–Kier alpha value is -2.75. The standard InChI is InChI=1S/C10H10ClN7O3/c1-12-9-6(11)2-5(3-7(9)18(20)21)10(19)13-4-8-14-16-17-15-8/h2-3,12H,4H2,1H3,(H,13,19)(H,14,15,16,17). The predicted molar refractivity (Wildman–Crippen MR) is 73.0 cm³/mol. The zero-order chi connectivity index (χ0) is 15.4. The van der Waals surface area contributed by atoms with Gasteiger partial charge in [-0.15, -0.1) is 10.2 Å². The SMILES string of the molecule is CNc1c(Cl)cc(C(=O)NCc2nn[nH]n2)cc1[N+](=O)[O-]. The third kappa shape index (κ3) is 3.23. The van der Waals surface area contributed by atoms with E-state index in [2.05, 4.69) is 31.3 Å². The summed E-state index contributed by atoms with van der Waals surface area (Å²) in [5.74, 6) is -0.247. The normalized spacial score (nSPS) is 10.2. The maximum Gasteiger partial charge on any atom is 0.294 e. The van der Waals surface area contributed by atoms with Crippen LogP contribution in [0.3, 0.4) is 0 Å². The lowest BCUT2D eigenvalue weighted by Gasteiger charge is -2.08. The van der Waals surface area contributed by atoms with Crippen LogP contribution in [0.4, 0.5) is 11.4 Å². The molecule has 3 N–H and O–H groups in total. The van der Waals surface area contributed by atoms with E-state index in [0.29, 0.717) is 0 Å². The minimum absolute atomic E-state index is 0.0362. The highest BCUT2D eigenvalue weighted by Gasteiger charge is 2.20. The second-order valence-corrected chi connectivity index (χ2v) is 4.28. The van der Waals surface area contributed by atoms with Gasteiger partial charge in [0, 0.05) is 18.7 Å². The van der Waals surface area contributed by atoms with Crippen molar-refractivity contribution in [3.63, 3.8) is 0 Å². The summed E-state index contributed by atoms with van der Waals surface area (Å²) in [6.45, 7) is 0.0362. The van der Waals surface area contributed by atoms with Crippen LogP contribution < -0.4 is 10.6 Å². The number of amides is 1. The number of rotatable bonds is 5. The lowest BCUT2D eigenvalue weighted by atomic mass is 10.1. The molecule has 0 bridgehead atoms. The van der Waals surface area contributed by atoms with E-state index in [1.807, 2.05) is 0 Å². The number of aromatic nitrogens is 4. The van der Waals surface area contributed by atoms with E-state index < -0.39 is 10.8 Å². The van der Waals surface area contributed by atoms with Crippen LogP contribution >= 0.6 is 11.6 Å². The molecular weight excluding hydrogens is 302 g/mol. The first-order valence-electron chi connectivity index (χ1n) is 5.69. The van der Waals surface area contributed by atoms with E-state index in [4.69, 9.17) is 11.6 Å². The quantitative estimate of drug-likeness (QED) is 0.546. The van der Waals surface area contributed by atoms with Gasteiger partial charge in [0.2, 0.25) is 0 Å². The van der Waals surface area contributed by atoms with Gasteiger partial charge in [-0.3, -0.25) is 14.9 Å². The third-order valence-electron chi connectivity index (χ3n) is 2.57. The van der Waals surface area contributed by atoms with Crippen molar-refractivity contribution < 1.29 is 9.72 Å². The van der Waals surface area contributed by atoms with Gasteiger partial charge >= 0.3 is 0 Å². The molecule has 0 aliphatic heterocycles. The molecule has 11 heteroatoms. The van der Waals surface area contributed by atoms with Gasteiger partial charge in [-0.1, -0.05) is 16.8 Å². The molecule has 110 valence electrons. The van der Waals surface area contributed by atoms with Gasteiger partial charge in [0.05, 0.1) is 16.5 Å². The van der Waals surface area contributed by atoms with Gasteiger partial charge in [-0.25, -0.2) is 0 Å². The number of benzene rings is 1. The van der Waals surface area contributed by atoms with Gasteiger partial charge in [0.1, 0.15) is 5.69 Å². The van der Waals surface area contributed by atoms with Crippen molar-refractivity contribution in [1.82, 2.24) is 25.9 Å². The highest BCUT2D eigenvalue weighted by atomic mass is 35.5. The van der Waals surface area contributed by atoms with Gasteiger partial charge in [0.25, 0.3) is 11.6 Å². The van der Waals surface area contributed by atoms with Crippen LogP contribution in [-0.4, -0.2) is 38.5 Å². The van der Waals surface area contributed by atoms with E-state index in [0.717, 1.165) is 6.07 Å². The molecule has 1 aromatic heterocycles. The summed E-state index contributed by atoms with van der Waals surface area (Å²) < 4.78 is 0. The molecule has 0 unspecified atom stereocenters. The van der Waals surface area contributed by atoms with Crippen molar-refractivity contribution in [1.29, 1.82) is 0 Å². The lowest BCUT2D eigenvalue weighted by Crippen LogP contribution is -2.23. The number of hydrogen-bond acceptors (Lipinski definition) is 7. The average Bonchev–Trinajstić information content (AvgIpc) is 2.96. The Morgan fingerprint density at radius 2 is 2.29 bits per heavy atom. The van der Waals surface area contributed by atoms with Crippen molar-refractivity contribution in [2.75, 3.05) is 12.4 Å². The number of carbonyl (C=O) groups excluding carboxylic acids is 1. The number of halogens is 1. The van der Waals surface area contributed by atoms with Crippen LogP contribution in [0.25, 0.3) is 0 Å². The molecule has 1 aromatic carbocycles. The van der Waals surface area contributed by atoms with Crippen molar-refractivity contribution >= 4 is 28.9 Å². The minimum Gasteiger partial charge on any atom is -0.381 e. The molecular formula is C10H10ClN7O3. The minimum atomic E-state index is -0.617. The average molecular weight is 312 g/mol. The first-order valence-corrected chi connectivity index (χ1v) is 6.07. The Morgan fingerprint density at radius 3 is 2.86 bits per heavy atom. The van der Waals surface area contributed by atoms with Crippen molar-refractivity contribution in [2.24, 2.45) is 0 Å². The molecule has 0 atom stereocenters. The van der Waals surface area contributed by atoms with Crippen LogP contribution in [0.15, 0.2) is 12.1 Å². The molecule has 0 saturated heterocycles. The molecule has 2 aromatic rings. The van der Waals surface area contributed by atoms with E-state index in [1.165, 1.54) is 13.1 Å². The second-order valence-electron chi connectivity index (χ2n) is 3.87. The largest absolute Gasteiger partial charge is 0.381 e. The van der Waals surface area contributed by atoms with Gasteiger partial charge in [0.15, 0.2) is 5.82 Å². The molecule has 1 amide bonds. The van der Waals surface area contributed by atoms with Crippen LogP contribution in [0.5, 0.6) is 0 Å². The van der Waals surface area contributed by atoms with Crippen LogP contribution in [0, 0.1) is 10.1 Å². The molecule has 0 saturated carbocycles. The maximum absolute atomic E-state index is 12.0. The predicted octanol–water partition coefficient (Wildman–Crippen LogP) is 0.733. The number of nitrogens with one attached hydrogen (secondary N) is 3. The lowest BCUT2D eigenvalue weighted by molar-refractivity contribution is -0.383. The number of nitro benzene ring substituents is 1. The molecule has 1 heterocycles. The number of carbonyl (C=O) groups is 1. The first kappa shape index (κ1) is 14.7. The highest BCUT2D eigenvalue weighted by Crippen LogP contribution is 2.33. The Bertz CT molecular complexity index is 674. The Balaban J connectivity index is 2.23. The fraction of sp³-hybridized carbons (Fsp3) is 0.200. The van der Waals surface area contributed by atoms with Crippen molar-refractivity contribution in [3.05, 3.63) is 38.7 Å². The van der Waals surface area contributed by atoms with Gasteiger partial charge < -0.3 is 10.6 Å². The van der Waals surface area contributed by atoms with Gasteiger partial charge in [-0.05, 0) is 6.07 Å². The van der Waals surface area contributed by atoms with Crippen molar-refractivity contribution in [2.45, 2.75) is 6.54 Å². The number of aromatic amines is 1. The molecule has 21 heavy (non-hydrogen) atoms. The number of nitro groups is 1. The summed E-state index contributed by atoms with van der Waals surface area (Å²) in [7, 11) is 1.50. The molecule has 10 nitrogen and oxygen atoms in total. The summed E-state index contributed by atoms with van der Waals surface area (Å²) in [4.78, 5) is 22.3. The summed E-state index contributed by atoms with van der Waals surface area (Å²) in [6.07, 6.45) is 0. The zero-order valence-corrected chi connectivity index (χ0v) is 11.5. The fourth-order valence-corrected chi connectivity index (χ4v) is 1.94. The Morgan fingerprint density at radius 1 is 1.52 bits per heavy atom. The summed E-state index contributed by atoms with van der Waals surface area (Å²) in [5.41, 5.74) is -0.0692. The monoisotopic (exact) mass is 311 g/mol.